The minimum Gasteiger partial charge on any atom is -0.481 e. The quantitative estimate of drug-likeness (QED) is 0.812. The summed E-state index contributed by atoms with van der Waals surface area (Å²) in [5.41, 5.74) is 0.495. The lowest BCUT2D eigenvalue weighted by Gasteiger charge is -2.39. The molecule has 1 aliphatic carbocycles. The van der Waals surface area contributed by atoms with E-state index in [0.717, 1.165) is 25.9 Å². The number of nitrogens with one attached hydrogen (secondary N) is 1. The van der Waals surface area contributed by atoms with Gasteiger partial charge >= 0.3 is 12.0 Å². The predicted octanol–water partition coefficient (Wildman–Crippen LogP) is 1.84. The number of ether oxygens (including phenoxy) is 1. The number of methoxy groups -OCH3 is 1. The number of carbonyl (C=O) groups excluding carboxylic acids is 1. The zero-order valence-corrected chi connectivity index (χ0v) is 12.8. The van der Waals surface area contributed by atoms with Gasteiger partial charge in [0.05, 0.1) is 12.5 Å². The molecule has 1 spiro atoms. The van der Waals surface area contributed by atoms with Crippen molar-refractivity contribution >= 4 is 12.0 Å². The van der Waals surface area contributed by atoms with Gasteiger partial charge in [-0.15, -0.1) is 0 Å². The van der Waals surface area contributed by atoms with Crippen LogP contribution in [0.25, 0.3) is 0 Å². The second-order valence-corrected chi connectivity index (χ2v) is 6.34. The summed E-state index contributed by atoms with van der Waals surface area (Å²) < 4.78 is 5.06. The van der Waals surface area contributed by atoms with Crippen molar-refractivity contribution in [1.29, 1.82) is 0 Å². The summed E-state index contributed by atoms with van der Waals surface area (Å²) in [4.78, 5) is 24.6. The molecule has 1 saturated heterocycles. The van der Waals surface area contributed by atoms with Crippen LogP contribution >= 0.6 is 0 Å². The Morgan fingerprint density at radius 1 is 1.24 bits per heavy atom. The molecule has 21 heavy (non-hydrogen) atoms. The van der Waals surface area contributed by atoms with Gasteiger partial charge in [0, 0.05) is 26.7 Å². The average molecular weight is 298 g/mol. The van der Waals surface area contributed by atoms with Crippen molar-refractivity contribution in [3.8, 4) is 0 Å². The molecule has 2 fully saturated rings. The fourth-order valence-corrected chi connectivity index (χ4v) is 3.56. The highest BCUT2D eigenvalue weighted by Crippen LogP contribution is 2.46. The van der Waals surface area contributed by atoms with Crippen LogP contribution in [0.5, 0.6) is 0 Å². The Bertz CT molecular complexity index is 370. The summed E-state index contributed by atoms with van der Waals surface area (Å²) in [5, 5.41) is 11.5. The first-order valence-electron chi connectivity index (χ1n) is 7.82. The number of aliphatic carboxylic acids is 1. The molecule has 0 radical (unpaired) electrons. The molecule has 2 rings (SSSR count). The SMILES string of the molecule is COC(CNC(=O)N1CCC2(CCCC2)CC1)CC(=O)O. The number of rotatable bonds is 5. The molecule has 120 valence electrons. The largest absolute Gasteiger partial charge is 0.481 e. The van der Waals surface area contributed by atoms with E-state index in [1.807, 2.05) is 4.90 Å². The van der Waals surface area contributed by atoms with Crippen LogP contribution in [-0.4, -0.2) is 54.9 Å². The third kappa shape index (κ3) is 4.33. The Labute approximate surface area is 125 Å². The first kappa shape index (κ1) is 16.1. The van der Waals surface area contributed by atoms with E-state index in [2.05, 4.69) is 5.32 Å². The van der Waals surface area contributed by atoms with E-state index >= 15 is 0 Å². The van der Waals surface area contributed by atoms with Crippen molar-refractivity contribution < 1.29 is 19.4 Å². The van der Waals surface area contributed by atoms with E-state index in [1.54, 1.807) is 0 Å². The molecule has 0 aromatic carbocycles. The molecule has 0 aromatic rings. The van der Waals surface area contributed by atoms with Gasteiger partial charge in [-0.1, -0.05) is 12.8 Å². The number of likely N-dealkylation sites (tertiary alicyclic amines) is 1. The van der Waals surface area contributed by atoms with Gasteiger partial charge in [0.15, 0.2) is 0 Å². The number of hydrogen-bond acceptors (Lipinski definition) is 3. The van der Waals surface area contributed by atoms with Gasteiger partial charge < -0.3 is 20.1 Å². The van der Waals surface area contributed by atoms with Crippen LogP contribution in [0, 0.1) is 5.41 Å². The van der Waals surface area contributed by atoms with Crippen molar-refractivity contribution in [1.82, 2.24) is 10.2 Å². The lowest BCUT2D eigenvalue weighted by molar-refractivity contribution is -0.139. The lowest BCUT2D eigenvalue weighted by Crippen LogP contribution is -2.48. The Morgan fingerprint density at radius 3 is 2.38 bits per heavy atom. The highest BCUT2D eigenvalue weighted by atomic mass is 16.5. The highest BCUT2D eigenvalue weighted by molar-refractivity contribution is 5.74. The van der Waals surface area contributed by atoms with Crippen molar-refractivity contribution in [3.63, 3.8) is 0 Å². The van der Waals surface area contributed by atoms with Crippen LogP contribution in [0.15, 0.2) is 0 Å². The first-order chi connectivity index (χ1) is 10.0. The fraction of sp³-hybridized carbons (Fsp3) is 0.867. The molecule has 0 bridgehead atoms. The van der Waals surface area contributed by atoms with Crippen LogP contribution in [0.2, 0.25) is 0 Å². The summed E-state index contributed by atoms with van der Waals surface area (Å²) in [7, 11) is 1.46. The van der Waals surface area contributed by atoms with E-state index in [4.69, 9.17) is 9.84 Å². The van der Waals surface area contributed by atoms with Gasteiger partial charge in [0.25, 0.3) is 0 Å². The summed E-state index contributed by atoms with van der Waals surface area (Å²) in [5.74, 6) is -0.919. The van der Waals surface area contributed by atoms with Crippen LogP contribution in [0.1, 0.15) is 44.9 Å². The maximum Gasteiger partial charge on any atom is 0.317 e. The van der Waals surface area contributed by atoms with Crippen LogP contribution in [0.3, 0.4) is 0 Å². The van der Waals surface area contributed by atoms with Crippen molar-refractivity contribution in [2.24, 2.45) is 5.41 Å². The summed E-state index contributed by atoms with van der Waals surface area (Å²) >= 11 is 0. The van der Waals surface area contributed by atoms with Gasteiger partial charge in [-0.25, -0.2) is 4.79 Å². The number of hydrogen-bond donors (Lipinski definition) is 2. The lowest BCUT2D eigenvalue weighted by atomic mass is 9.77. The van der Waals surface area contributed by atoms with Crippen molar-refractivity contribution in [2.45, 2.75) is 51.0 Å². The molecule has 1 unspecified atom stereocenters. The minimum atomic E-state index is -0.919. The van der Waals surface area contributed by atoms with Gasteiger partial charge in [-0.3, -0.25) is 4.79 Å². The first-order valence-corrected chi connectivity index (χ1v) is 7.82. The maximum atomic E-state index is 12.1. The Kier molecular flexibility index (Phi) is 5.45. The topological polar surface area (TPSA) is 78.9 Å². The third-order valence-corrected chi connectivity index (χ3v) is 4.99. The molecule has 2 N–H and O–H groups in total. The highest BCUT2D eigenvalue weighted by Gasteiger charge is 2.37. The van der Waals surface area contributed by atoms with Gasteiger partial charge in [0.2, 0.25) is 0 Å². The number of nitrogens with zero attached hydrogens (tertiary/aromatic N) is 1. The normalized spacial score (nSPS) is 22.2. The fourth-order valence-electron chi connectivity index (χ4n) is 3.56. The third-order valence-electron chi connectivity index (χ3n) is 4.99. The number of piperidine rings is 1. The van der Waals surface area contributed by atoms with Crippen molar-refractivity contribution in [3.05, 3.63) is 0 Å². The van der Waals surface area contributed by atoms with E-state index in [1.165, 1.54) is 32.8 Å². The van der Waals surface area contributed by atoms with Crippen molar-refractivity contribution in [2.75, 3.05) is 26.7 Å². The molecule has 1 saturated carbocycles. The van der Waals surface area contributed by atoms with Gasteiger partial charge in [-0.2, -0.15) is 0 Å². The number of carboxylic acids is 1. The Balaban J connectivity index is 1.73. The number of carbonyl (C=O) groups is 2. The molecule has 1 heterocycles. The molecule has 1 atom stereocenters. The van der Waals surface area contributed by atoms with Crippen LogP contribution < -0.4 is 5.32 Å². The standard InChI is InChI=1S/C15H26N2O4/c1-21-12(10-13(18)19)11-16-14(20)17-8-6-15(7-9-17)4-2-3-5-15/h12H,2-11H2,1H3,(H,16,20)(H,18,19). The molecule has 6 heteroatoms. The van der Waals surface area contributed by atoms with E-state index in [9.17, 15) is 9.59 Å². The summed E-state index contributed by atoms with van der Waals surface area (Å²) in [6.07, 6.45) is 6.91. The molecule has 2 amide bonds. The second kappa shape index (κ2) is 7.11. The van der Waals surface area contributed by atoms with Gasteiger partial charge in [0.1, 0.15) is 0 Å². The monoisotopic (exact) mass is 298 g/mol. The number of carboxylic acid groups (broad SMARTS) is 1. The molecule has 0 aromatic heterocycles. The Morgan fingerprint density at radius 2 is 1.86 bits per heavy atom. The molecule has 2 aliphatic rings. The minimum absolute atomic E-state index is 0.0973. The van der Waals surface area contributed by atoms with Gasteiger partial charge in [-0.05, 0) is 31.1 Å². The van der Waals surface area contributed by atoms with Crippen LogP contribution in [0.4, 0.5) is 4.79 Å². The zero-order valence-electron chi connectivity index (χ0n) is 12.8. The maximum absolute atomic E-state index is 12.1. The smallest absolute Gasteiger partial charge is 0.317 e. The molecular formula is C15H26N2O4. The average Bonchev–Trinajstić information content (AvgIpc) is 2.91. The predicted molar refractivity (Wildman–Crippen MR) is 78.2 cm³/mol. The van der Waals surface area contributed by atoms with E-state index in [-0.39, 0.29) is 19.0 Å². The van der Waals surface area contributed by atoms with Crippen LogP contribution in [-0.2, 0) is 9.53 Å². The van der Waals surface area contributed by atoms with E-state index in [0.29, 0.717) is 5.41 Å². The Hall–Kier alpha value is -1.30. The molecular weight excluding hydrogens is 272 g/mol. The molecule has 6 nitrogen and oxygen atoms in total. The number of urea groups is 1. The zero-order chi connectivity index (χ0) is 15.3. The summed E-state index contributed by atoms with van der Waals surface area (Å²) in [6, 6.07) is -0.102. The van der Waals surface area contributed by atoms with E-state index < -0.39 is 12.1 Å². The second-order valence-electron chi connectivity index (χ2n) is 6.34. The summed E-state index contributed by atoms with van der Waals surface area (Å²) in [6.45, 7) is 1.86. The molecule has 1 aliphatic heterocycles. The number of amides is 2.